The lowest BCUT2D eigenvalue weighted by Crippen LogP contribution is -2.32. The molecular weight excluding hydrogens is 396 g/mol. The Morgan fingerprint density at radius 3 is 1.43 bits per heavy atom. The molecule has 0 radical (unpaired) electrons. The SMILES string of the molecule is CC(O)(CC(=O)OCc1ccc(O)cc1)CC(=O)OCc1ccc(O)cc1.O=CO. The lowest BCUT2D eigenvalue weighted by Gasteiger charge is -2.21. The fraction of sp³-hybridized carbons (Fsp3) is 0.286. The number of hydrogen-bond acceptors (Lipinski definition) is 8. The Kier molecular flexibility index (Phi) is 9.84. The molecule has 2 aromatic carbocycles. The van der Waals surface area contributed by atoms with Crippen molar-refractivity contribution in [2.45, 2.75) is 38.6 Å². The number of benzene rings is 2. The number of rotatable bonds is 8. The molecule has 0 heterocycles. The third-order valence-corrected chi connectivity index (χ3v) is 3.72. The molecule has 0 aliphatic rings. The first-order chi connectivity index (χ1) is 14.1. The van der Waals surface area contributed by atoms with Crippen molar-refractivity contribution >= 4 is 18.4 Å². The highest BCUT2D eigenvalue weighted by Crippen LogP contribution is 2.18. The zero-order chi connectivity index (χ0) is 22.6. The Labute approximate surface area is 173 Å². The van der Waals surface area contributed by atoms with Gasteiger partial charge in [-0.15, -0.1) is 0 Å². The maximum atomic E-state index is 11.9. The zero-order valence-electron chi connectivity index (χ0n) is 16.4. The summed E-state index contributed by atoms with van der Waals surface area (Å²) < 4.78 is 10.1. The van der Waals surface area contributed by atoms with Crippen molar-refractivity contribution in [1.82, 2.24) is 0 Å². The van der Waals surface area contributed by atoms with E-state index in [2.05, 4.69) is 0 Å². The van der Waals surface area contributed by atoms with Gasteiger partial charge in [-0.1, -0.05) is 24.3 Å². The third kappa shape index (κ3) is 10.1. The number of phenolic OH excluding ortho intramolecular Hbond substituents is 2. The summed E-state index contributed by atoms with van der Waals surface area (Å²) in [6, 6.07) is 12.4. The summed E-state index contributed by atoms with van der Waals surface area (Å²) in [4.78, 5) is 32.1. The molecule has 0 fully saturated rings. The highest BCUT2D eigenvalue weighted by molar-refractivity contribution is 5.74. The summed E-state index contributed by atoms with van der Waals surface area (Å²) in [7, 11) is 0. The van der Waals surface area contributed by atoms with Gasteiger partial charge in [0.2, 0.25) is 0 Å². The summed E-state index contributed by atoms with van der Waals surface area (Å²) >= 11 is 0. The maximum Gasteiger partial charge on any atom is 0.309 e. The third-order valence-electron chi connectivity index (χ3n) is 3.72. The van der Waals surface area contributed by atoms with E-state index in [1.807, 2.05) is 0 Å². The van der Waals surface area contributed by atoms with Crippen molar-refractivity contribution < 1.29 is 44.3 Å². The van der Waals surface area contributed by atoms with Crippen molar-refractivity contribution in [1.29, 1.82) is 0 Å². The van der Waals surface area contributed by atoms with Crippen LogP contribution in [-0.4, -0.2) is 44.4 Å². The normalized spacial score (nSPS) is 10.3. The van der Waals surface area contributed by atoms with Gasteiger partial charge < -0.3 is 29.9 Å². The standard InChI is InChI=1S/C20H22O7.CH2O2/c1-20(25,10-18(23)26-12-14-2-6-16(21)7-3-14)11-19(24)27-13-15-4-8-17(22)9-5-15;2-1-3/h2-9,21-22,25H,10-13H2,1H3;1H,(H,2,3). The molecule has 0 atom stereocenters. The Balaban J connectivity index is 0.00000141. The van der Waals surface area contributed by atoms with Gasteiger partial charge >= 0.3 is 11.9 Å². The van der Waals surface area contributed by atoms with E-state index < -0.39 is 17.5 Å². The molecule has 9 heteroatoms. The van der Waals surface area contributed by atoms with Crippen molar-refractivity contribution in [2.75, 3.05) is 0 Å². The fourth-order valence-electron chi connectivity index (χ4n) is 2.30. The first kappa shape index (κ1) is 24.4. The number of aromatic hydroxyl groups is 2. The van der Waals surface area contributed by atoms with E-state index in [9.17, 15) is 24.9 Å². The Morgan fingerprint density at radius 2 is 1.13 bits per heavy atom. The molecule has 0 aromatic heterocycles. The summed E-state index contributed by atoms with van der Waals surface area (Å²) in [5, 5.41) is 35.6. The molecule has 0 aliphatic heterocycles. The summed E-state index contributed by atoms with van der Waals surface area (Å²) in [5.41, 5.74) is -0.221. The Hall–Kier alpha value is -3.59. The van der Waals surface area contributed by atoms with Crippen LogP contribution in [0.1, 0.15) is 30.9 Å². The van der Waals surface area contributed by atoms with Crippen LogP contribution in [0.4, 0.5) is 0 Å². The minimum absolute atomic E-state index is 0.000488. The smallest absolute Gasteiger partial charge is 0.309 e. The predicted molar refractivity (Wildman–Crippen MR) is 104 cm³/mol. The van der Waals surface area contributed by atoms with Crippen LogP contribution < -0.4 is 0 Å². The second kappa shape index (κ2) is 12.1. The van der Waals surface area contributed by atoms with Crippen LogP contribution in [-0.2, 0) is 37.1 Å². The van der Waals surface area contributed by atoms with Crippen LogP contribution in [0.5, 0.6) is 11.5 Å². The van der Waals surface area contributed by atoms with E-state index >= 15 is 0 Å². The average molecular weight is 420 g/mol. The highest BCUT2D eigenvalue weighted by Gasteiger charge is 2.29. The lowest BCUT2D eigenvalue weighted by molar-refractivity contribution is -0.155. The second-order valence-electron chi connectivity index (χ2n) is 6.61. The molecule has 0 saturated carbocycles. The van der Waals surface area contributed by atoms with Gasteiger partial charge in [-0.2, -0.15) is 0 Å². The molecule has 162 valence electrons. The maximum absolute atomic E-state index is 11.9. The number of carboxylic acid groups (broad SMARTS) is 1. The number of carbonyl (C=O) groups is 3. The molecule has 0 unspecified atom stereocenters. The average Bonchev–Trinajstić information content (AvgIpc) is 2.67. The first-order valence-corrected chi connectivity index (χ1v) is 8.82. The number of esters is 2. The van der Waals surface area contributed by atoms with Crippen LogP contribution in [0.2, 0.25) is 0 Å². The molecule has 2 rings (SSSR count). The van der Waals surface area contributed by atoms with Gasteiger partial charge in [-0.3, -0.25) is 14.4 Å². The topological polar surface area (TPSA) is 151 Å². The minimum atomic E-state index is -1.60. The molecule has 0 spiro atoms. The molecule has 2 aromatic rings. The number of carbonyl (C=O) groups excluding carboxylic acids is 2. The van der Waals surface area contributed by atoms with Crippen LogP contribution >= 0.6 is 0 Å². The number of phenols is 2. The quantitative estimate of drug-likeness (QED) is 0.372. The summed E-state index contributed by atoms with van der Waals surface area (Å²) in [6.45, 7) is 1.11. The van der Waals surface area contributed by atoms with E-state index in [0.29, 0.717) is 11.1 Å². The molecule has 0 bridgehead atoms. The van der Waals surface area contributed by atoms with Crippen molar-refractivity contribution in [3.8, 4) is 11.5 Å². The number of hydrogen-bond donors (Lipinski definition) is 4. The number of aliphatic hydroxyl groups is 1. The van der Waals surface area contributed by atoms with E-state index in [1.165, 1.54) is 31.2 Å². The predicted octanol–water partition coefficient (Wildman–Crippen LogP) is 2.12. The summed E-state index contributed by atoms with van der Waals surface area (Å²) in [5.74, 6) is -1.09. The Morgan fingerprint density at radius 1 is 0.833 bits per heavy atom. The molecule has 0 aliphatic carbocycles. The summed E-state index contributed by atoms with van der Waals surface area (Å²) in [6.07, 6.45) is -0.723. The molecule has 0 amide bonds. The van der Waals surface area contributed by atoms with Crippen LogP contribution in [0.25, 0.3) is 0 Å². The van der Waals surface area contributed by atoms with Crippen molar-refractivity contribution in [2.24, 2.45) is 0 Å². The minimum Gasteiger partial charge on any atom is -0.508 e. The van der Waals surface area contributed by atoms with Crippen LogP contribution in [0, 0.1) is 0 Å². The lowest BCUT2D eigenvalue weighted by atomic mass is 9.98. The van der Waals surface area contributed by atoms with Gasteiger partial charge in [-0.05, 0) is 42.3 Å². The first-order valence-electron chi connectivity index (χ1n) is 8.82. The van der Waals surface area contributed by atoms with Gasteiger partial charge in [0.1, 0.15) is 24.7 Å². The van der Waals surface area contributed by atoms with Crippen LogP contribution in [0.15, 0.2) is 48.5 Å². The second-order valence-corrected chi connectivity index (χ2v) is 6.61. The van der Waals surface area contributed by atoms with Gasteiger partial charge in [0.15, 0.2) is 0 Å². The van der Waals surface area contributed by atoms with Crippen molar-refractivity contribution in [3.63, 3.8) is 0 Å². The monoisotopic (exact) mass is 420 g/mol. The van der Waals surface area contributed by atoms with E-state index in [4.69, 9.17) is 19.4 Å². The van der Waals surface area contributed by atoms with Gasteiger partial charge in [0.05, 0.1) is 18.4 Å². The van der Waals surface area contributed by atoms with Gasteiger partial charge in [-0.25, -0.2) is 0 Å². The molecule has 4 N–H and O–H groups in total. The van der Waals surface area contributed by atoms with E-state index in [1.54, 1.807) is 24.3 Å². The Bertz CT molecular complexity index is 746. The van der Waals surface area contributed by atoms with Crippen molar-refractivity contribution in [3.05, 3.63) is 59.7 Å². The zero-order valence-corrected chi connectivity index (χ0v) is 16.4. The number of ether oxygens (including phenoxy) is 2. The van der Waals surface area contributed by atoms with Crippen LogP contribution in [0.3, 0.4) is 0 Å². The molecule has 9 nitrogen and oxygen atoms in total. The van der Waals surface area contributed by atoms with E-state index in [-0.39, 0.29) is 44.0 Å². The largest absolute Gasteiger partial charge is 0.508 e. The highest BCUT2D eigenvalue weighted by atomic mass is 16.5. The van der Waals surface area contributed by atoms with E-state index in [0.717, 1.165) is 0 Å². The fourth-order valence-corrected chi connectivity index (χ4v) is 2.30. The van der Waals surface area contributed by atoms with Gasteiger partial charge in [0.25, 0.3) is 6.47 Å². The molecule has 30 heavy (non-hydrogen) atoms. The molecule has 0 saturated heterocycles. The molecular formula is C21H24O9. The van der Waals surface area contributed by atoms with Gasteiger partial charge in [0, 0.05) is 0 Å².